The van der Waals surface area contributed by atoms with E-state index in [0.29, 0.717) is 45.6 Å². The number of carboxylic acid groups (broad SMARTS) is 1. The van der Waals surface area contributed by atoms with E-state index in [9.17, 15) is 19.7 Å². The molecule has 1 N–H and O–H groups in total. The maximum atomic E-state index is 12.5. The Labute approximate surface area is 176 Å². The monoisotopic (exact) mass is 440 g/mol. The maximum Gasteiger partial charge on any atom is 0.303 e. The van der Waals surface area contributed by atoms with Gasteiger partial charge in [0.25, 0.3) is 11.6 Å². The van der Waals surface area contributed by atoms with Crippen LogP contribution in [0.4, 0.5) is 5.69 Å². The fourth-order valence-electron chi connectivity index (χ4n) is 2.43. The Kier molecular flexibility index (Phi) is 8.16. The van der Waals surface area contributed by atoms with E-state index in [1.165, 1.54) is 23.1 Å². The number of carbonyl (C=O) groups excluding carboxylic acids is 1. The number of amides is 1. The van der Waals surface area contributed by atoms with E-state index in [1.54, 1.807) is 18.2 Å². The number of rotatable bonds is 9. The minimum atomic E-state index is -0.831. The van der Waals surface area contributed by atoms with Crippen LogP contribution in [0.2, 0.25) is 0 Å². The van der Waals surface area contributed by atoms with Crippen molar-refractivity contribution in [1.82, 2.24) is 4.90 Å². The van der Waals surface area contributed by atoms with E-state index in [-0.39, 0.29) is 18.0 Å². The number of hydrogen-bond donors (Lipinski definition) is 1. The number of benzene rings is 1. The van der Waals surface area contributed by atoms with Gasteiger partial charge in [0.15, 0.2) is 0 Å². The Morgan fingerprint density at radius 1 is 1.29 bits per heavy atom. The highest BCUT2D eigenvalue weighted by Gasteiger charge is 2.31. The van der Waals surface area contributed by atoms with Gasteiger partial charge < -0.3 is 5.11 Å². The number of aliphatic carboxylic acids is 1. The third kappa shape index (κ3) is 6.43. The van der Waals surface area contributed by atoms with Crippen LogP contribution in [0.25, 0.3) is 6.08 Å². The predicted molar refractivity (Wildman–Crippen MR) is 113 cm³/mol. The quantitative estimate of drug-likeness (QED) is 0.197. The topological polar surface area (TPSA) is 101 Å². The van der Waals surface area contributed by atoms with Crippen molar-refractivity contribution in [3.05, 3.63) is 56.0 Å². The summed E-state index contributed by atoms with van der Waals surface area (Å²) in [5.41, 5.74) is 0.651. The van der Waals surface area contributed by atoms with Crippen molar-refractivity contribution in [3.63, 3.8) is 0 Å². The van der Waals surface area contributed by atoms with Crippen LogP contribution in [0.1, 0.15) is 31.2 Å². The molecule has 0 unspecified atom stereocenters. The number of allylic oxidation sites excluding steroid dienone is 2. The molecular formula is C18H17ClN2O5S2. The molecule has 1 fully saturated rings. The zero-order chi connectivity index (χ0) is 20.7. The third-order valence-corrected chi connectivity index (χ3v) is 5.42. The first kappa shape index (κ1) is 22.1. The standard InChI is InChI=1S/C18H17ClN2O5S2/c19-13(10-12-5-7-14(8-6-12)21(25)26)11-15-17(24)20(18(27)28-15)9-3-1-2-4-16(22)23/h5-8,10-11H,1-4,9H2,(H,22,23)/b13-10+,15-11-. The number of nitro benzene ring substituents is 1. The second-order valence-electron chi connectivity index (χ2n) is 5.92. The van der Waals surface area contributed by atoms with Gasteiger partial charge in [0.1, 0.15) is 4.32 Å². The van der Waals surface area contributed by atoms with E-state index >= 15 is 0 Å². The first-order valence-electron chi connectivity index (χ1n) is 8.37. The van der Waals surface area contributed by atoms with Crippen molar-refractivity contribution < 1.29 is 19.6 Å². The Morgan fingerprint density at radius 2 is 1.96 bits per heavy atom. The molecule has 2 rings (SSSR count). The number of thiocarbonyl (C=S) groups is 1. The summed E-state index contributed by atoms with van der Waals surface area (Å²) in [5, 5.41) is 19.6. The van der Waals surface area contributed by atoms with Crippen molar-refractivity contribution in [3.8, 4) is 0 Å². The molecule has 0 bridgehead atoms. The molecule has 1 saturated heterocycles. The Bertz CT molecular complexity index is 852. The highest BCUT2D eigenvalue weighted by atomic mass is 35.5. The molecule has 7 nitrogen and oxygen atoms in total. The summed E-state index contributed by atoms with van der Waals surface area (Å²) in [7, 11) is 0. The molecule has 0 spiro atoms. The van der Waals surface area contributed by atoms with Crippen LogP contribution in [0.3, 0.4) is 0 Å². The summed E-state index contributed by atoms with van der Waals surface area (Å²) in [6.07, 6.45) is 5.16. The SMILES string of the molecule is O=C(O)CCCCCN1C(=O)/C(=C/C(Cl)=C\c2ccc([N+](=O)[O-])cc2)SC1=S. The highest BCUT2D eigenvalue weighted by Crippen LogP contribution is 2.33. The predicted octanol–water partition coefficient (Wildman–Crippen LogP) is 4.56. The summed E-state index contributed by atoms with van der Waals surface area (Å²) >= 11 is 12.6. The molecule has 0 aliphatic carbocycles. The van der Waals surface area contributed by atoms with E-state index < -0.39 is 10.9 Å². The van der Waals surface area contributed by atoms with Crippen molar-refractivity contribution >= 4 is 63.5 Å². The molecule has 1 heterocycles. The fraction of sp³-hybridized carbons (Fsp3) is 0.278. The zero-order valence-corrected chi connectivity index (χ0v) is 17.1. The average Bonchev–Trinajstić information content (AvgIpc) is 2.88. The van der Waals surface area contributed by atoms with E-state index in [1.807, 2.05) is 0 Å². The minimum Gasteiger partial charge on any atom is -0.481 e. The smallest absolute Gasteiger partial charge is 0.303 e. The minimum absolute atomic E-state index is 0.0162. The molecule has 1 aromatic rings. The number of carbonyl (C=O) groups is 2. The summed E-state index contributed by atoms with van der Waals surface area (Å²) < 4.78 is 0.439. The molecule has 1 aliphatic heterocycles. The van der Waals surface area contributed by atoms with Crippen LogP contribution < -0.4 is 0 Å². The van der Waals surface area contributed by atoms with Gasteiger partial charge in [-0.05, 0) is 42.7 Å². The molecule has 1 aliphatic rings. The van der Waals surface area contributed by atoms with E-state index in [4.69, 9.17) is 28.9 Å². The van der Waals surface area contributed by atoms with Gasteiger partial charge in [0, 0.05) is 30.1 Å². The zero-order valence-electron chi connectivity index (χ0n) is 14.7. The largest absolute Gasteiger partial charge is 0.481 e. The van der Waals surface area contributed by atoms with Crippen LogP contribution >= 0.6 is 35.6 Å². The van der Waals surface area contributed by atoms with Crippen LogP contribution in [0.5, 0.6) is 0 Å². The van der Waals surface area contributed by atoms with Gasteiger partial charge in [-0.1, -0.05) is 42.0 Å². The first-order valence-corrected chi connectivity index (χ1v) is 9.97. The fourth-order valence-corrected chi connectivity index (χ4v) is 4.03. The molecule has 28 heavy (non-hydrogen) atoms. The summed E-state index contributed by atoms with van der Waals surface area (Å²) in [6, 6.07) is 5.88. The number of hydrogen-bond acceptors (Lipinski definition) is 6. The molecule has 10 heteroatoms. The van der Waals surface area contributed by atoms with Gasteiger partial charge in [-0.3, -0.25) is 24.6 Å². The lowest BCUT2D eigenvalue weighted by molar-refractivity contribution is -0.384. The van der Waals surface area contributed by atoms with Gasteiger partial charge in [-0.25, -0.2) is 0 Å². The Morgan fingerprint density at radius 3 is 2.57 bits per heavy atom. The van der Waals surface area contributed by atoms with Crippen LogP contribution in [0.15, 0.2) is 40.3 Å². The molecule has 0 saturated carbocycles. The molecule has 0 aromatic heterocycles. The van der Waals surface area contributed by atoms with Crippen LogP contribution in [0, 0.1) is 10.1 Å². The summed E-state index contributed by atoms with van der Waals surface area (Å²) in [5.74, 6) is -1.06. The van der Waals surface area contributed by atoms with Gasteiger partial charge in [0.05, 0.1) is 9.83 Å². The molecule has 1 amide bonds. The molecule has 0 atom stereocenters. The molecule has 0 radical (unpaired) electrons. The first-order chi connectivity index (χ1) is 13.3. The Hall–Kier alpha value is -2.23. The second kappa shape index (κ2) is 10.4. The summed E-state index contributed by atoms with van der Waals surface area (Å²) in [6.45, 7) is 0.436. The van der Waals surface area contributed by atoms with Gasteiger partial charge in [-0.15, -0.1) is 0 Å². The molecule has 1 aromatic carbocycles. The lowest BCUT2D eigenvalue weighted by atomic mass is 10.2. The number of halogens is 1. The van der Waals surface area contributed by atoms with Crippen molar-refractivity contribution in [1.29, 1.82) is 0 Å². The number of nitrogens with zero attached hydrogens (tertiary/aromatic N) is 2. The number of thioether (sulfide) groups is 1. The lowest BCUT2D eigenvalue weighted by Crippen LogP contribution is -2.29. The van der Waals surface area contributed by atoms with Gasteiger partial charge in [-0.2, -0.15) is 0 Å². The van der Waals surface area contributed by atoms with Crippen molar-refractivity contribution in [2.75, 3.05) is 6.54 Å². The van der Waals surface area contributed by atoms with Crippen molar-refractivity contribution in [2.24, 2.45) is 0 Å². The third-order valence-electron chi connectivity index (χ3n) is 3.82. The number of non-ortho nitro benzene ring substituents is 1. The maximum absolute atomic E-state index is 12.5. The second-order valence-corrected chi connectivity index (χ2v) is 8.03. The molecular weight excluding hydrogens is 424 g/mol. The van der Waals surface area contributed by atoms with E-state index in [2.05, 4.69) is 0 Å². The number of carboxylic acids is 1. The van der Waals surface area contributed by atoms with E-state index in [0.717, 1.165) is 11.8 Å². The summed E-state index contributed by atoms with van der Waals surface area (Å²) in [4.78, 5) is 35.1. The van der Waals surface area contributed by atoms with Crippen molar-refractivity contribution in [2.45, 2.75) is 25.7 Å². The van der Waals surface area contributed by atoms with Crippen LogP contribution in [-0.4, -0.2) is 37.7 Å². The highest BCUT2D eigenvalue weighted by molar-refractivity contribution is 8.26. The number of unbranched alkanes of at least 4 members (excludes halogenated alkanes) is 2. The normalized spacial score (nSPS) is 16.1. The number of nitro groups is 1. The van der Waals surface area contributed by atoms with Gasteiger partial charge >= 0.3 is 5.97 Å². The molecule has 148 valence electrons. The average molecular weight is 441 g/mol. The van der Waals surface area contributed by atoms with Crippen LogP contribution in [-0.2, 0) is 9.59 Å². The lowest BCUT2D eigenvalue weighted by Gasteiger charge is -2.13. The Balaban J connectivity index is 1.97. The van der Waals surface area contributed by atoms with Gasteiger partial charge in [0.2, 0.25) is 0 Å².